The predicted molar refractivity (Wildman–Crippen MR) is 143 cm³/mol. The van der Waals surface area contributed by atoms with Crippen molar-refractivity contribution in [3.63, 3.8) is 0 Å². The number of halogens is 2. The number of ether oxygens (including phenoxy) is 1. The van der Waals surface area contributed by atoms with Gasteiger partial charge in [-0.15, -0.1) is 0 Å². The Balaban J connectivity index is 0. The summed E-state index contributed by atoms with van der Waals surface area (Å²) >= 11 is 0. The number of carbonyl (C=O) groups is 2. The van der Waals surface area contributed by atoms with Crippen LogP contribution in [0.2, 0.25) is 0 Å². The molecule has 226 valence electrons. The number of esters is 1. The first-order valence-corrected chi connectivity index (χ1v) is 14.6. The van der Waals surface area contributed by atoms with E-state index in [0.29, 0.717) is 5.56 Å². The molecule has 3 N–H and O–H groups in total. The number of nitrogens with one attached hydrogen (secondary N) is 2. The second kappa shape index (κ2) is 18.4. The van der Waals surface area contributed by atoms with Gasteiger partial charge in [-0.2, -0.15) is 20.2 Å². The number of anilines is 1. The van der Waals surface area contributed by atoms with Gasteiger partial charge in [0.05, 0.1) is 24.1 Å². The molecule has 2 aromatic carbocycles. The van der Waals surface area contributed by atoms with E-state index in [1.54, 1.807) is 27.7 Å². The van der Waals surface area contributed by atoms with E-state index in [-0.39, 0.29) is 58.2 Å². The van der Waals surface area contributed by atoms with Crippen LogP contribution in [0, 0.1) is 11.6 Å². The summed E-state index contributed by atoms with van der Waals surface area (Å²) in [5, 5.41) is 15.2. The van der Waals surface area contributed by atoms with Crippen LogP contribution in [0.3, 0.4) is 0 Å². The van der Waals surface area contributed by atoms with Gasteiger partial charge in [0.15, 0.2) is 0 Å². The normalized spacial score (nSPS) is 13.2. The molecule has 3 rings (SSSR count). The molecular formula is C24H34F2N3NaO9S2. The predicted octanol–water partition coefficient (Wildman–Crippen LogP) is -1.62. The number of rotatable bonds is 6. The van der Waals surface area contributed by atoms with Gasteiger partial charge in [0.2, 0.25) is 10.0 Å². The molecule has 0 aliphatic carbocycles. The third-order valence-corrected chi connectivity index (χ3v) is 7.76. The molecule has 2 aromatic rings. The van der Waals surface area contributed by atoms with Gasteiger partial charge in [-0.05, 0) is 63.6 Å². The fraction of sp³-hybridized carbons (Fsp3) is 0.417. The van der Waals surface area contributed by atoms with Crippen molar-refractivity contribution in [3.8, 4) is 0 Å². The number of amides is 1. The van der Waals surface area contributed by atoms with Gasteiger partial charge in [-0.25, -0.2) is 26.3 Å². The molecule has 0 saturated heterocycles. The van der Waals surface area contributed by atoms with Crippen molar-refractivity contribution in [2.45, 2.75) is 45.5 Å². The molecule has 1 aliphatic rings. The molecular weight excluding hydrogens is 599 g/mol. The van der Waals surface area contributed by atoms with Crippen molar-refractivity contribution in [2.24, 2.45) is 0 Å². The van der Waals surface area contributed by atoms with Crippen LogP contribution in [0.5, 0.6) is 0 Å². The van der Waals surface area contributed by atoms with Crippen LogP contribution >= 0.6 is 0 Å². The van der Waals surface area contributed by atoms with Crippen LogP contribution in [0.15, 0.2) is 36.4 Å². The number of carbonyl (C=O) groups excluding carboxylic acids is 2. The minimum atomic E-state index is -3.84. The standard InChI is InChI=1S/C11H15FN2O4S.C11H12FNO3S.CH4O.CH3O.Na/c1-7(2)13-19(16,17)14-10-5-4-8(12)6-9(10)11(15)18-3;1-7(2)13-11(14)10-5-9(12)4-3-8(10)6-17(13,15)16;2*1-2;/h4-7,13-14H,1-3H3;3-5,7H,6H2,1-2H3;2H,1H3;1H3;/q;;;-1;+1. The van der Waals surface area contributed by atoms with Crippen molar-refractivity contribution in [1.29, 1.82) is 0 Å². The molecule has 1 aliphatic heterocycles. The molecule has 17 heteroatoms. The Labute approximate surface area is 261 Å². The third-order valence-electron chi connectivity index (χ3n) is 4.63. The van der Waals surface area contributed by atoms with E-state index in [4.69, 9.17) is 10.2 Å². The van der Waals surface area contributed by atoms with Gasteiger partial charge in [-0.1, -0.05) is 6.07 Å². The Kier molecular flexibility index (Phi) is 18.4. The molecule has 0 unspecified atom stereocenters. The first-order valence-electron chi connectivity index (χ1n) is 11.5. The van der Waals surface area contributed by atoms with Crippen molar-refractivity contribution in [1.82, 2.24) is 9.03 Å². The van der Waals surface area contributed by atoms with Crippen LogP contribution in [-0.4, -0.2) is 71.5 Å². The molecule has 0 spiro atoms. The largest absolute Gasteiger partial charge is 1.00 e. The minimum absolute atomic E-state index is 0. The zero-order valence-electron chi connectivity index (χ0n) is 24.1. The van der Waals surface area contributed by atoms with Crippen molar-refractivity contribution in [3.05, 3.63) is 64.7 Å². The fourth-order valence-electron chi connectivity index (χ4n) is 3.31. The number of hydrogen-bond donors (Lipinski definition) is 3. The fourth-order valence-corrected chi connectivity index (χ4v) is 6.23. The summed E-state index contributed by atoms with van der Waals surface area (Å²) in [6.07, 6.45) is 0. The molecule has 0 saturated carbocycles. The SMILES string of the molecule is CC(C)N1C(=O)c2cc(F)ccc2CS1(=O)=O.CO.COC(=O)c1cc(F)ccc1NS(=O)(=O)NC(C)C.C[O-].[Na+]. The summed E-state index contributed by atoms with van der Waals surface area (Å²) < 4.78 is 83.0. The van der Waals surface area contributed by atoms with E-state index in [9.17, 15) is 35.2 Å². The Bertz CT molecular complexity index is 1370. The maximum Gasteiger partial charge on any atom is 1.00 e. The van der Waals surface area contributed by atoms with Gasteiger partial charge in [-0.3, -0.25) is 9.52 Å². The zero-order chi connectivity index (χ0) is 31.4. The average molecular weight is 634 g/mol. The van der Waals surface area contributed by atoms with Gasteiger partial charge in [0, 0.05) is 24.8 Å². The second-order valence-corrected chi connectivity index (χ2v) is 11.6. The average Bonchev–Trinajstić information content (AvgIpc) is 2.86. The number of nitrogens with zero attached hydrogens (tertiary/aromatic N) is 1. The Morgan fingerprint density at radius 3 is 2.05 bits per heavy atom. The van der Waals surface area contributed by atoms with E-state index < -0.39 is 49.8 Å². The van der Waals surface area contributed by atoms with E-state index in [2.05, 4.69) is 14.2 Å². The molecule has 0 radical (unpaired) electrons. The number of aliphatic hydroxyl groups excluding tert-OH is 1. The summed E-state index contributed by atoms with van der Waals surface area (Å²) in [4.78, 5) is 23.5. The number of hydrogen-bond acceptors (Lipinski definition) is 9. The molecule has 0 fully saturated rings. The molecule has 1 amide bonds. The summed E-state index contributed by atoms with van der Waals surface area (Å²) in [5.41, 5.74) is 0.236. The van der Waals surface area contributed by atoms with Crippen molar-refractivity contribution in [2.75, 3.05) is 26.1 Å². The van der Waals surface area contributed by atoms with E-state index in [1.807, 2.05) is 0 Å². The van der Waals surface area contributed by atoms with Crippen LogP contribution in [0.25, 0.3) is 0 Å². The number of sulfonamides is 1. The molecule has 0 aromatic heterocycles. The van der Waals surface area contributed by atoms with Gasteiger partial charge < -0.3 is 14.9 Å². The molecule has 0 bridgehead atoms. The van der Waals surface area contributed by atoms with E-state index in [1.165, 1.54) is 6.07 Å². The molecule has 41 heavy (non-hydrogen) atoms. The van der Waals surface area contributed by atoms with Crippen LogP contribution in [-0.2, 0) is 30.7 Å². The summed E-state index contributed by atoms with van der Waals surface area (Å²) in [7, 11) is -4.61. The number of aliphatic hydroxyl groups is 1. The topological polar surface area (TPSA) is 182 Å². The quantitative estimate of drug-likeness (QED) is 0.249. The number of benzene rings is 2. The molecule has 0 atom stereocenters. The minimum Gasteiger partial charge on any atom is -0.857 e. The zero-order valence-corrected chi connectivity index (χ0v) is 27.7. The Morgan fingerprint density at radius 2 is 1.56 bits per heavy atom. The monoisotopic (exact) mass is 633 g/mol. The summed E-state index contributed by atoms with van der Waals surface area (Å²) in [5.74, 6) is -2.95. The first-order chi connectivity index (χ1) is 18.6. The first kappa shape index (κ1) is 41.0. The Hall–Kier alpha value is -2.18. The summed E-state index contributed by atoms with van der Waals surface area (Å²) in [6, 6.07) is 5.90. The number of fused-ring (bicyclic) bond motifs is 1. The second-order valence-electron chi connectivity index (χ2n) is 8.31. The van der Waals surface area contributed by atoms with Crippen molar-refractivity contribution >= 4 is 37.8 Å². The molecule has 1 heterocycles. The van der Waals surface area contributed by atoms with Crippen LogP contribution < -0.4 is 44.1 Å². The number of methoxy groups -OCH3 is 1. The van der Waals surface area contributed by atoms with Crippen LogP contribution in [0.4, 0.5) is 14.5 Å². The van der Waals surface area contributed by atoms with E-state index >= 15 is 0 Å². The van der Waals surface area contributed by atoms with Crippen LogP contribution in [0.1, 0.15) is 54.0 Å². The maximum atomic E-state index is 13.1. The smallest absolute Gasteiger partial charge is 0.857 e. The Morgan fingerprint density at radius 1 is 1.05 bits per heavy atom. The van der Waals surface area contributed by atoms with Gasteiger partial charge >= 0.3 is 35.5 Å². The maximum absolute atomic E-state index is 13.1. The van der Waals surface area contributed by atoms with Gasteiger partial charge in [0.25, 0.3) is 16.1 Å². The summed E-state index contributed by atoms with van der Waals surface area (Å²) in [6.45, 7) is 6.51. The third kappa shape index (κ3) is 12.3. The van der Waals surface area contributed by atoms with Gasteiger partial charge in [0.1, 0.15) is 11.6 Å². The van der Waals surface area contributed by atoms with E-state index in [0.717, 1.165) is 56.0 Å². The molecule has 12 nitrogen and oxygen atoms in total. The van der Waals surface area contributed by atoms with Crippen molar-refractivity contribution < 1.29 is 79.7 Å².